The Morgan fingerprint density at radius 2 is 2.56 bits per heavy atom. The van der Waals surface area contributed by atoms with Crippen molar-refractivity contribution in [3.63, 3.8) is 0 Å². The van der Waals surface area contributed by atoms with Crippen molar-refractivity contribution in [3.8, 4) is 0 Å². The Labute approximate surface area is 53.9 Å². The number of aryl methyl sites for hydroxylation is 1. The van der Waals surface area contributed by atoms with Gasteiger partial charge in [-0.15, -0.1) is 10.2 Å². The van der Waals surface area contributed by atoms with E-state index < -0.39 is 0 Å². The number of hydrogen-bond acceptors (Lipinski definition) is 3. The Hall–Kier alpha value is -0.900. The molecule has 0 saturated heterocycles. The standard InChI is InChI=1S/C5H10N4/c1-6-3-5-8-7-4-9(5)2/h4,6H,3H2,1-2H3. The SMILES string of the molecule is CNCc1nncn1C. The fourth-order valence-electron chi connectivity index (χ4n) is 0.625. The second-order valence-corrected chi connectivity index (χ2v) is 1.89. The third kappa shape index (κ3) is 1.26. The zero-order valence-corrected chi connectivity index (χ0v) is 5.63. The first-order valence-corrected chi connectivity index (χ1v) is 2.82. The lowest BCUT2D eigenvalue weighted by molar-refractivity contribution is 0.707. The summed E-state index contributed by atoms with van der Waals surface area (Å²) in [6, 6.07) is 0. The van der Waals surface area contributed by atoms with Crippen LogP contribution >= 0.6 is 0 Å². The minimum absolute atomic E-state index is 0.774. The molecule has 0 fully saturated rings. The minimum Gasteiger partial charge on any atom is -0.320 e. The Kier molecular flexibility index (Phi) is 1.79. The van der Waals surface area contributed by atoms with Crippen LogP contribution in [-0.4, -0.2) is 21.8 Å². The molecule has 0 saturated carbocycles. The van der Waals surface area contributed by atoms with Gasteiger partial charge in [0.1, 0.15) is 12.2 Å². The highest BCUT2D eigenvalue weighted by Crippen LogP contribution is 1.87. The molecule has 0 aliphatic rings. The second kappa shape index (κ2) is 2.59. The molecule has 4 nitrogen and oxygen atoms in total. The molecule has 0 spiro atoms. The summed E-state index contributed by atoms with van der Waals surface area (Å²) in [7, 11) is 3.81. The Morgan fingerprint density at radius 3 is 3.00 bits per heavy atom. The van der Waals surface area contributed by atoms with E-state index in [9.17, 15) is 0 Å². The van der Waals surface area contributed by atoms with Gasteiger partial charge in [0.15, 0.2) is 0 Å². The lowest BCUT2D eigenvalue weighted by atomic mass is 10.6. The van der Waals surface area contributed by atoms with Gasteiger partial charge in [-0.25, -0.2) is 0 Å². The molecule has 0 aliphatic carbocycles. The molecule has 0 bridgehead atoms. The first-order chi connectivity index (χ1) is 4.34. The zero-order chi connectivity index (χ0) is 6.69. The summed E-state index contributed by atoms with van der Waals surface area (Å²) < 4.78 is 1.89. The van der Waals surface area contributed by atoms with E-state index in [0.717, 1.165) is 12.4 Å². The van der Waals surface area contributed by atoms with E-state index in [1.54, 1.807) is 6.33 Å². The van der Waals surface area contributed by atoms with Crippen LogP contribution in [-0.2, 0) is 13.6 Å². The average Bonchev–Trinajstić information content (AvgIpc) is 2.18. The molecule has 0 amide bonds. The van der Waals surface area contributed by atoms with E-state index >= 15 is 0 Å². The van der Waals surface area contributed by atoms with Crippen LogP contribution in [0.25, 0.3) is 0 Å². The van der Waals surface area contributed by atoms with E-state index in [-0.39, 0.29) is 0 Å². The molecule has 1 aromatic heterocycles. The molecule has 50 valence electrons. The van der Waals surface area contributed by atoms with Crippen LogP contribution in [0.5, 0.6) is 0 Å². The highest BCUT2D eigenvalue weighted by atomic mass is 15.3. The van der Waals surface area contributed by atoms with E-state index in [1.165, 1.54) is 0 Å². The van der Waals surface area contributed by atoms with Gasteiger partial charge < -0.3 is 9.88 Å². The van der Waals surface area contributed by atoms with Crippen molar-refractivity contribution in [2.45, 2.75) is 6.54 Å². The number of nitrogens with zero attached hydrogens (tertiary/aromatic N) is 3. The maximum Gasteiger partial charge on any atom is 0.146 e. The maximum absolute atomic E-state index is 3.86. The molecule has 1 aromatic rings. The van der Waals surface area contributed by atoms with Gasteiger partial charge in [-0.3, -0.25) is 0 Å². The van der Waals surface area contributed by atoms with Crippen molar-refractivity contribution in [3.05, 3.63) is 12.2 Å². The number of hydrogen-bond donors (Lipinski definition) is 1. The molecule has 0 unspecified atom stereocenters. The molecule has 1 N–H and O–H groups in total. The number of rotatable bonds is 2. The van der Waals surface area contributed by atoms with Crippen LogP contribution in [0.4, 0.5) is 0 Å². The van der Waals surface area contributed by atoms with Gasteiger partial charge in [0.05, 0.1) is 6.54 Å². The monoisotopic (exact) mass is 126 g/mol. The van der Waals surface area contributed by atoms with Gasteiger partial charge in [0.25, 0.3) is 0 Å². The molecule has 0 aliphatic heterocycles. The van der Waals surface area contributed by atoms with E-state index in [4.69, 9.17) is 0 Å². The predicted molar refractivity (Wildman–Crippen MR) is 33.8 cm³/mol. The van der Waals surface area contributed by atoms with Gasteiger partial charge in [-0.1, -0.05) is 0 Å². The van der Waals surface area contributed by atoms with Crippen LogP contribution in [0.2, 0.25) is 0 Å². The highest BCUT2D eigenvalue weighted by Gasteiger charge is 1.94. The molecule has 9 heavy (non-hydrogen) atoms. The fraction of sp³-hybridized carbons (Fsp3) is 0.600. The molecule has 0 aromatic carbocycles. The summed E-state index contributed by atoms with van der Waals surface area (Å²) in [4.78, 5) is 0. The third-order valence-corrected chi connectivity index (χ3v) is 1.14. The summed E-state index contributed by atoms with van der Waals surface area (Å²) in [5.41, 5.74) is 0. The van der Waals surface area contributed by atoms with E-state index in [0.29, 0.717) is 0 Å². The smallest absolute Gasteiger partial charge is 0.146 e. The maximum atomic E-state index is 3.86. The van der Waals surface area contributed by atoms with E-state index in [2.05, 4.69) is 15.5 Å². The zero-order valence-electron chi connectivity index (χ0n) is 5.63. The molecular formula is C5H10N4. The topological polar surface area (TPSA) is 42.7 Å². The minimum atomic E-state index is 0.774. The Balaban J connectivity index is 2.69. The van der Waals surface area contributed by atoms with E-state index in [1.807, 2.05) is 18.7 Å². The van der Waals surface area contributed by atoms with Crippen LogP contribution in [0, 0.1) is 0 Å². The largest absolute Gasteiger partial charge is 0.320 e. The van der Waals surface area contributed by atoms with Crippen molar-refractivity contribution < 1.29 is 0 Å². The van der Waals surface area contributed by atoms with Crippen LogP contribution in [0.15, 0.2) is 6.33 Å². The fourth-order valence-corrected chi connectivity index (χ4v) is 0.625. The van der Waals surface area contributed by atoms with Crippen LogP contribution in [0.1, 0.15) is 5.82 Å². The molecule has 0 radical (unpaired) electrons. The van der Waals surface area contributed by atoms with Crippen LogP contribution < -0.4 is 5.32 Å². The molecule has 1 heterocycles. The van der Waals surface area contributed by atoms with Gasteiger partial charge >= 0.3 is 0 Å². The summed E-state index contributed by atoms with van der Waals surface area (Å²) in [5, 5.41) is 10.6. The van der Waals surface area contributed by atoms with Crippen LogP contribution in [0.3, 0.4) is 0 Å². The lowest BCUT2D eigenvalue weighted by Gasteiger charge is -1.95. The lowest BCUT2D eigenvalue weighted by Crippen LogP contribution is -2.09. The number of nitrogens with one attached hydrogen (secondary N) is 1. The summed E-state index contributed by atoms with van der Waals surface area (Å²) in [5.74, 6) is 0.956. The van der Waals surface area contributed by atoms with Gasteiger partial charge in [0.2, 0.25) is 0 Å². The molecule has 1 rings (SSSR count). The predicted octanol–water partition coefficient (Wildman–Crippen LogP) is -0.466. The Morgan fingerprint density at radius 1 is 1.78 bits per heavy atom. The molecule has 4 heteroatoms. The Bertz CT molecular complexity index is 181. The van der Waals surface area contributed by atoms with Crippen molar-refractivity contribution >= 4 is 0 Å². The molecule has 0 atom stereocenters. The molecular weight excluding hydrogens is 116 g/mol. The van der Waals surface area contributed by atoms with Crippen molar-refractivity contribution in [2.75, 3.05) is 7.05 Å². The summed E-state index contributed by atoms with van der Waals surface area (Å²) in [6.45, 7) is 0.774. The van der Waals surface area contributed by atoms with Gasteiger partial charge in [-0.2, -0.15) is 0 Å². The average molecular weight is 126 g/mol. The summed E-state index contributed by atoms with van der Waals surface area (Å²) in [6.07, 6.45) is 1.69. The van der Waals surface area contributed by atoms with Gasteiger partial charge in [0, 0.05) is 7.05 Å². The first kappa shape index (κ1) is 6.22. The van der Waals surface area contributed by atoms with Gasteiger partial charge in [-0.05, 0) is 7.05 Å². The summed E-state index contributed by atoms with van der Waals surface area (Å²) >= 11 is 0. The number of aromatic nitrogens is 3. The van der Waals surface area contributed by atoms with Crippen molar-refractivity contribution in [1.29, 1.82) is 0 Å². The third-order valence-electron chi connectivity index (χ3n) is 1.14. The highest BCUT2D eigenvalue weighted by molar-refractivity contribution is 4.81. The first-order valence-electron chi connectivity index (χ1n) is 2.82. The second-order valence-electron chi connectivity index (χ2n) is 1.89. The quantitative estimate of drug-likeness (QED) is 0.582. The van der Waals surface area contributed by atoms with Crippen molar-refractivity contribution in [2.24, 2.45) is 7.05 Å². The normalized spacial score (nSPS) is 10.0. The van der Waals surface area contributed by atoms with Crippen molar-refractivity contribution in [1.82, 2.24) is 20.1 Å².